The second-order valence-electron chi connectivity index (χ2n) is 4.14. The summed E-state index contributed by atoms with van der Waals surface area (Å²) in [5.74, 6) is -2.49. The number of aromatic hydroxyl groups is 2. The summed E-state index contributed by atoms with van der Waals surface area (Å²) >= 11 is 0. The molecule has 0 spiro atoms. The fourth-order valence-corrected chi connectivity index (χ4v) is 1.78. The van der Waals surface area contributed by atoms with E-state index in [1.807, 2.05) is 0 Å². The van der Waals surface area contributed by atoms with E-state index in [0.29, 0.717) is 11.1 Å². The van der Waals surface area contributed by atoms with Crippen molar-refractivity contribution in [2.24, 2.45) is 0 Å². The molecule has 0 aliphatic carbocycles. The summed E-state index contributed by atoms with van der Waals surface area (Å²) in [6, 6.07) is 8.10. The highest BCUT2D eigenvalue weighted by atomic mass is 19.1. The lowest BCUT2D eigenvalue weighted by Gasteiger charge is -2.13. The maximum atomic E-state index is 13.2. The van der Waals surface area contributed by atoms with Crippen molar-refractivity contribution in [3.63, 3.8) is 0 Å². The third-order valence-corrected chi connectivity index (χ3v) is 2.94. The van der Waals surface area contributed by atoms with Crippen molar-refractivity contribution in [3.05, 3.63) is 59.2 Å². The number of benzene rings is 2. The molecular weight excluding hydrogens is 238 g/mol. The van der Waals surface area contributed by atoms with Gasteiger partial charge < -0.3 is 10.2 Å². The van der Waals surface area contributed by atoms with Crippen LogP contribution in [0.25, 0.3) is 0 Å². The first kappa shape index (κ1) is 12.4. The Labute approximate surface area is 103 Å². The first-order valence-corrected chi connectivity index (χ1v) is 5.46. The van der Waals surface area contributed by atoms with Gasteiger partial charge in [0.2, 0.25) is 0 Å². The number of hydrogen-bond donors (Lipinski definition) is 2. The summed E-state index contributed by atoms with van der Waals surface area (Å²) < 4.78 is 26.5. The van der Waals surface area contributed by atoms with Crippen LogP contribution < -0.4 is 0 Å². The molecule has 0 bridgehead atoms. The van der Waals surface area contributed by atoms with Gasteiger partial charge in [-0.1, -0.05) is 19.1 Å². The van der Waals surface area contributed by atoms with Gasteiger partial charge in [0.25, 0.3) is 0 Å². The van der Waals surface area contributed by atoms with E-state index in [-0.39, 0.29) is 5.92 Å². The average molecular weight is 250 g/mol. The van der Waals surface area contributed by atoms with E-state index in [0.717, 1.165) is 0 Å². The van der Waals surface area contributed by atoms with Crippen LogP contribution in [-0.2, 0) is 0 Å². The van der Waals surface area contributed by atoms with Crippen molar-refractivity contribution in [2.45, 2.75) is 12.8 Å². The molecule has 2 rings (SSSR count). The maximum Gasteiger partial charge on any atom is 0.165 e. The minimum Gasteiger partial charge on any atom is -0.505 e. The smallest absolute Gasteiger partial charge is 0.165 e. The molecule has 0 aliphatic rings. The third-order valence-electron chi connectivity index (χ3n) is 2.94. The van der Waals surface area contributed by atoms with Crippen LogP contribution in [0.5, 0.6) is 11.5 Å². The number of hydrogen-bond acceptors (Lipinski definition) is 2. The molecular formula is C14H12F2O2. The Balaban J connectivity index is 2.37. The van der Waals surface area contributed by atoms with E-state index >= 15 is 0 Å². The lowest BCUT2D eigenvalue weighted by Crippen LogP contribution is -1.97. The van der Waals surface area contributed by atoms with Gasteiger partial charge in [-0.2, -0.15) is 0 Å². The van der Waals surface area contributed by atoms with Crippen molar-refractivity contribution in [1.29, 1.82) is 0 Å². The second kappa shape index (κ2) is 4.64. The normalized spacial score (nSPS) is 10.9. The standard InChI is InChI=1S/C14H12F2O2/c1-8(9-2-4-13(17)11(15)6-9)10-3-5-14(18)12(16)7-10/h2-8,17-18H,1H3. The molecule has 4 heteroatoms. The molecule has 0 unspecified atom stereocenters. The molecule has 0 amide bonds. The van der Waals surface area contributed by atoms with Gasteiger partial charge in [-0.3, -0.25) is 0 Å². The molecule has 0 saturated heterocycles. The monoisotopic (exact) mass is 250 g/mol. The van der Waals surface area contributed by atoms with Crippen LogP contribution in [0, 0.1) is 11.6 Å². The largest absolute Gasteiger partial charge is 0.505 e. The highest BCUT2D eigenvalue weighted by Crippen LogP contribution is 2.29. The SMILES string of the molecule is CC(c1ccc(O)c(F)c1)c1ccc(O)c(F)c1. The fraction of sp³-hybridized carbons (Fsp3) is 0.143. The van der Waals surface area contributed by atoms with Crippen LogP contribution in [0.15, 0.2) is 36.4 Å². The minimum atomic E-state index is -0.710. The minimum absolute atomic E-state index is 0.241. The van der Waals surface area contributed by atoms with E-state index < -0.39 is 23.1 Å². The van der Waals surface area contributed by atoms with Crippen LogP contribution in [0.4, 0.5) is 8.78 Å². The van der Waals surface area contributed by atoms with Crippen LogP contribution in [0.3, 0.4) is 0 Å². The van der Waals surface area contributed by atoms with Gasteiger partial charge in [0, 0.05) is 5.92 Å². The summed E-state index contributed by atoms with van der Waals surface area (Å²) in [4.78, 5) is 0. The van der Waals surface area contributed by atoms with Gasteiger partial charge in [0.15, 0.2) is 23.1 Å². The van der Waals surface area contributed by atoms with E-state index in [1.165, 1.54) is 24.3 Å². The van der Waals surface area contributed by atoms with Crippen molar-refractivity contribution in [3.8, 4) is 11.5 Å². The zero-order valence-corrected chi connectivity index (χ0v) is 9.69. The zero-order chi connectivity index (χ0) is 13.3. The maximum absolute atomic E-state index is 13.2. The van der Waals surface area contributed by atoms with Crippen LogP contribution in [-0.4, -0.2) is 10.2 Å². The Morgan fingerprint density at radius 1 is 0.833 bits per heavy atom. The molecule has 2 N–H and O–H groups in total. The summed E-state index contributed by atoms with van der Waals surface area (Å²) in [6.45, 7) is 1.79. The first-order chi connectivity index (χ1) is 8.49. The summed E-state index contributed by atoms with van der Waals surface area (Å²) in [6.07, 6.45) is 0. The molecule has 0 atom stereocenters. The fourth-order valence-electron chi connectivity index (χ4n) is 1.78. The van der Waals surface area contributed by atoms with Crippen molar-refractivity contribution in [2.75, 3.05) is 0 Å². The van der Waals surface area contributed by atoms with Gasteiger partial charge in [-0.25, -0.2) is 8.78 Å². The molecule has 0 aliphatic heterocycles. The van der Waals surface area contributed by atoms with E-state index in [1.54, 1.807) is 19.1 Å². The molecule has 2 aromatic rings. The van der Waals surface area contributed by atoms with Crippen LogP contribution in [0.1, 0.15) is 24.0 Å². The van der Waals surface area contributed by atoms with Gasteiger partial charge in [-0.15, -0.1) is 0 Å². The van der Waals surface area contributed by atoms with Crippen molar-refractivity contribution >= 4 is 0 Å². The average Bonchev–Trinajstić information content (AvgIpc) is 2.35. The molecule has 18 heavy (non-hydrogen) atoms. The van der Waals surface area contributed by atoms with Crippen LogP contribution >= 0.6 is 0 Å². The highest BCUT2D eigenvalue weighted by molar-refractivity contribution is 5.38. The molecule has 2 aromatic carbocycles. The lowest BCUT2D eigenvalue weighted by molar-refractivity contribution is 0.431. The highest BCUT2D eigenvalue weighted by Gasteiger charge is 2.13. The molecule has 2 nitrogen and oxygen atoms in total. The van der Waals surface area contributed by atoms with E-state index in [2.05, 4.69) is 0 Å². The molecule has 0 heterocycles. The zero-order valence-electron chi connectivity index (χ0n) is 9.69. The van der Waals surface area contributed by atoms with Crippen molar-refractivity contribution < 1.29 is 19.0 Å². The Morgan fingerprint density at radius 3 is 1.56 bits per heavy atom. The van der Waals surface area contributed by atoms with Crippen LogP contribution in [0.2, 0.25) is 0 Å². The quantitative estimate of drug-likeness (QED) is 0.856. The Bertz CT molecular complexity index is 531. The van der Waals surface area contributed by atoms with Crippen molar-refractivity contribution in [1.82, 2.24) is 0 Å². The molecule has 0 aromatic heterocycles. The number of halogens is 2. The first-order valence-electron chi connectivity index (χ1n) is 5.46. The third kappa shape index (κ3) is 2.27. The molecule has 0 radical (unpaired) electrons. The lowest BCUT2D eigenvalue weighted by atomic mass is 9.93. The summed E-state index contributed by atoms with van der Waals surface area (Å²) in [5.41, 5.74) is 1.24. The second-order valence-corrected chi connectivity index (χ2v) is 4.14. The molecule has 94 valence electrons. The van der Waals surface area contributed by atoms with Gasteiger partial charge in [-0.05, 0) is 35.4 Å². The van der Waals surface area contributed by atoms with Gasteiger partial charge in [0.1, 0.15) is 0 Å². The number of phenolic OH excluding ortho intramolecular Hbond substituents is 2. The predicted octanol–water partition coefficient (Wildman–Crippen LogP) is 3.53. The Morgan fingerprint density at radius 2 is 1.22 bits per heavy atom. The van der Waals surface area contributed by atoms with Gasteiger partial charge in [0.05, 0.1) is 0 Å². The van der Waals surface area contributed by atoms with E-state index in [4.69, 9.17) is 10.2 Å². The molecule has 0 saturated carbocycles. The molecule has 0 fully saturated rings. The Hall–Kier alpha value is -2.10. The number of phenols is 2. The van der Waals surface area contributed by atoms with E-state index in [9.17, 15) is 8.78 Å². The number of rotatable bonds is 2. The Kier molecular flexibility index (Phi) is 3.19. The summed E-state index contributed by atoms with van der Waals surface area (Å²) in [7, 11) is 0. The summed E-state index contributed by atoms with van der Waals surface area (Å²) in [5, 5.41) is 18.2. The topological polar surface area (TPSA) is 40.5 Å². The predicted molar refractivity (Wildman–Crippen MR) is 63.6 cm³/mol. The van der Waals surface area contributed by atoms with Gasteiger partial charge >= 0.3 is 0 Å².